The van der Waals surface area contributed by atoms with Crippen molar-refractivity contribution in [2.24, 2.45) is 11.3 Å². The molecule has 0 aliphatic carbocycles. The highest BCUT2D eigenvalue weighted by atomic mass is 16.5. The Morgan fingerprint density at radius 2 is 1.97 bits per heavy atom. The third kappa shape index (κ3) is 4.69. The Hall–Kier alpha value is -4.47. The molecule has 5 heterocycles. The van der Waals surface area contributed by atoms with Gasteiger partial charge in [0.1, 0.15) is 23.3 Å². The molecule has 12 heteroatoms. The monoisotopic (exact) mass is 500 g/mol. The lowest BCUT2D eigenvalue weighted by molar-refractivity contribution is -0.0872. The number of carbonyl (C=O) groups is 1. The van der Waals surface area contributed by atoms with Crippen LogP contribution in [0.4, 0.5) is 23.0 Å². The third-order valence-electron chi connectivity index (χ3n) is 6.59. The number of hydrogen-bond donors (Lipinski definition) is 4. The first kappa shape index (κ1) is 24.2. The van der Waals surface area contributed by atoms with Gasteiger partial charge in [-0.2, -0.15) is 10.2 Å². The number of hydrazine groups is 1. The van der Waals surface area contributed by atoms with Crippen LogP contribution < -0.4 is 26.6 Å². The van der Waals surface area contributed by atoms with Gasteiger partial charge < -0.3 is 30.6 Å². The SMILES string of the molecule is CNc1nc(Oc2cnc(C#N)cc2C)cc(Nc2ccc(C(=O)N3CC4(CN(C)C4)C3)cn2)c1NN. The van der Waals surface area contributed by atoms with Gasteiger partial charge in [-0.25, -0.2) is 9.97 Å². The van der Waals surface area contributed by atoms with Crippen LogP contribution in [0.3, 0.4) is 0 Å². The molecule has 3 aromatic rings. The lowest BCUT2D eigenvalue weighted by Gasteiger charge is -2.59. The van der Waals surface area contributed by atoms with E-state index in [1.54, 1.807) is 37.5 Å². The zero-order chi connectivity index (χ0) is 26.2. The van der Waals surface area contributed by atoms with E-state index in [2.05, 4.69) is 43.0 Å². The van der Waals surface area contributed by atoms with Crippen molar-refractivity contribution < 1.29 is 9.53 Å². The number of hydrogen-bond acceptors (Lipinski definition) is 11. The lowest BCUT2D eigenvalue weighted by Crippen LogP contribution is -2.72. The van der Waals surface area contributed by atoms with Crippen molar-refractivity contribution in [2.75, 3.05) is 56.3 Å². The van der Waals surface area contributed by atoms with Gasteiger partial charge in [0.05, 0.1) is 17.4 Å². The second-order valence-electron chi connectivity index (χ2n) is 9.57. The van der Waals surface area contributed by atoms with Crippen LogP contribution in [0.5, 0.6) is 11.6 Å². The van der Waals surface area contributed by atoms with E-state index in [4.69, 9.17) is 15.8 Å². The number of likely N-dealkylation sites (tertiary alicyclic amines) is 2. The van der Waals surface area contributed by atoms with Crippen molar-refractivity contribution in [2.45, 2.75) is 6.92 Å². The average Bonchev–Trinajstić information content (AvgIpc) is 2.86. The van der Waals surface area contributed by atoms with E-state index in [1.807, 2.05) is 17.9 Å². The van der Waals surface area contributed by atoms with Crippen LogP contribution >= 0.6 is 0 Å². The Kier molecular flexibility index (Phi) is 6.24. The number of rotatable bonds is 7. The number of nitrogens with zero attached hydrogens (tertiary/aromatic N) is 6. The predicted molar refractivity (Wildman–Crippen MR) is 139 cm³/mol. The van der Waals surface area contributed by atoms with Crippen molar-refractivity contribution >= 4 is 28.9 Å². The maximum Gasteiger partial charge on any atom is 0.255 e. The van der Waals surface area contributed by atoms with E-state index in [0.29, 0.717) is 40.0 Å². The van der Waals surface area contributed by atoms with Crippen molar-refractivity contribution in [1.82, 2.24) is 24.8 Å². The minimum atomic E-state index is -0.00740. The topological polar surface area (TPSA) is 157 Å². The molecule has 0 unspecified atom stereocenters. The van der Waals surface area contributed by atoms with Crippen LogP contribution in [-0.2, 0) is 0 Å². The Morgan fingerprint density at radius 3 is 2.57 bits per heavy atom. The largest absolute Gasteiger partial charge is 0.437 e. The quantitative estimate of drug-likeness (QED) is 0.279. The van der Waals surface area contributed by atoms with Crippen LogP contribution in [0.15, 0.2) is 36.7 Å². The molecule has 1 spiro atoms. The minimum absolute atomic E-state index is 0.00740. The molecular weight excluding hydrogens is 472 g/mol. The predicted octanol–water partition coefficient (Wildman–Crippen LogP) is 2.30. The molecule has 1 amide bonds. The van der Waals surface area contributed by atoms with Gasteiger partial charge in [-0.1, -0.05) is 0 Å². The summed E-state index contributed by atoms with van der Waals surface area (Å²) in [7, 11) is 3.81. The molecule has 0 atom stereocenters. The highest BCUT2D eigenvalue weighted by Gasteiger charge is 2.51. The number of carbonyl (C=O) groups excluding carboxylic acids is 1. The number of nitrogen functional groups attached to an aromatic ring is 1. The summed E-state index contributed by atoms with van der Waals surface area (Å²) in [6, 6.07) is 8.82. The van der Waals surface area contributed by atoms with Crippen LogP contribution in [0, 0.1) is 23.7 Å². The second-order valence-corrected chi connectivity index (χ2v) is 9.57. The first-order valence-electron chi connectivity index (χ1n) is 11.8. The first-order chi connectivity index (χ1) is 17.8. The fourth-order valence-electron chi connectivity index (χ4n) is 4.94. The van der Waals surface area contributed by atoms with E-state index in [-0.39, 0.29) is 17.2 Å². The van der Waals surface area contributed by atoms with Crippen LogP contribution in [0.2, 0.25) is 0 Å². The maximum absolute atomic E-state index is 12.8. The average molecular weight is 501 g/mol. The number of aromatic nitrogens is 3. The number of anilines is 4. The molecule has 37 heavy (non-hydrogen) atoms. The highest BCUT2D eigenvalue weighted by Crippen LogP contribution is 2.39. The molecule has 2 saturated heterocycles. The number of pyridine rings is 3. The molecule has 12 nitrogen and oxygen atoms in total. The molecule has 190 valence electrons. The number of ether oxygens (including phenoxy) is 1. The van der Waals surface area contributed by atoms with Crippen LogP contribution in [0.1, 0.15) is 21.6 Å². The highest BCUT2D eigenvalue weighted by molar-refractivity contribution is 5.95. The van der Waals surface area contributed by atoms with E-state index in [9.17, 15) is 4.79 Å². The van der Waals surface area contributed by atoms with E-state index < -0.39 is 0 Å². The van der Waals surface area contributed by atoms with Gasteiger partial charge in [-0.3, -0.25) is 10.6 Å². The van der Waals surface area contributed by atoms with Gasteiger partial charge in [0, 0.05) is 50.9 Å². The Bertz CT molecular complexity index is 1370. The summed E-state index contributed by atoms with van der Waals surface area (Å²) in [5.41, 5.74) is 5.58. The van der Waals surface area contributed by atoms with Crippen molar-refractivity contribution in [3.63, 3.8) is 0 Å². The first-order valence-corrected chi connectivity index (χ1v) is 11.8. The van der Waals surface area contributed by atoms with Crippen LogP contribution in [-0.4, -0.2) is 70.9 Å². The van der Waals surface area contributed by atoms with E-state index >= 15 is 0 Å². The van der Waals surface area contributed by atoms with Crippen molar-refractivity contribution in [3.05, 3.63) is 53.5 Å². The Balaban J connectivity index is 1.33. The molecule has 0 radical (unpaired) electrons. The van der Waals surface area contributed by atoms with Crippen molar-refractivity contribution in [1.29, 1.82) is 5.26 Å². The zero-order valence-corrected chi connectivity index (χ0v) is 20.9. The molecule has 0 saturated carbocycles. The molecular formula is C25H28N10O2. The molecule has 3 aromatic heterocycles. The summed E-state index contributed by atoms with van der Waals surface area (Å²) in [6.45, 7) is 5.50. The number of nitrogens with two attached hydrogens (primary N) is 1. The molecule has 5 rings (SSSR count). The summed E-state index contributed by atoms with van der Waals surface area (Å²) in [6.07, 6.45) is 3.05. The van der Waals surface area contributed by atoms with E-state index in [1.165, 1.54) is 6.20 Å². The number of aryl methyl sites for hydroxylation is 1. The number of amides is 1. The molecule has 0 bridgehead atoms. The normalized spacial score (nSPS) is 15.8. The van der Waals surface area contributed by atoms with Crippen LogP contribution in [0.25, 0.3) is 0 Å². The third-order valence-corrected chi connectivity index (χ3v) is 6.59. The molecule has 2 aliphatic heterocycles. The Labute approximate surface area is 214 Å². The minimum Gasteiger partial charge on any atom is -0.437 e. The number of nitriles is 1. The zero-order valence-electron chi connectivity index (χ0n) is 20.9. The van der Waals surface area contributed by atoms with Gasteiger partial charge in [-0.05, 0) is 37.7 Å². The summed E-state index contributed by atoms with van der Waals surface area (Å²) in [5, 5.41) is 15.3. The van der Waals surface area contributed by atoms with Gasteiger partial charge in [0.15, 0.2) is 11.6 Å². The standard InChI is InChI=1S/C25H28N10O2/c1-15-6-17(8-26)29-10-19(15)37-21-7-18(22(33-27)23(28-2)32-21)31-20-5-4-16(9-30-20)24(36)35-13-25(14-35)11-34(3)12-25/h4-7,9-10,33H,11-14,27H2,1-3H3,(H2,28,30,31,32). The number of nitrogens with one attached hydrogen (secondary N) is 3. The second kappa shape index (κ2) is 9.53. The smallest absolute Gasteiger partial charge is 0.255 e. The summed E-state index contributed by atoms with van der Waals surface area (Å²) >= 11 is 0. The lowest BCUT2D eigenvalue weighted by atomic mass is 9.73. The van der Waals surface area contributed by atoms with Gasteiger partial charge in [-0.15, -0.1) is 0 Å². The molecule has 5 N–H and O–H groups in total. The molecule has 0 aromatic carbocycles. The van der Waals surface area contributed by atoms with E-state index in [0.717, 1.165) is 31.7 Å². The molecule has 2 fully saturated rings. The van der Waals surface area contributed by atoms with Gasteiger partial charge in [0.25, 0.3) is 5.91 Å². The summed E-state index contributed by atoms with van der Waals surface area (Å²) in [4.78, 5) is 30.0. The summed E-state index contributed by atoms with van der Waals surface area (Å²) in [5.74, 6) is 7.48. The van der Waals surface area contributed by atoms with Gasteiger partial charge in [0.2, 0.25) is 5.88 Å². The van der Waals surface area contributed by atoms with Gasteiger partial charge >= 0.3 is 0 Å². The fourth-order valence-corrected chi connectivity index (χ4v) is 4.94. The fraction of sp³-hybridized carbons (Fsp3) is 0.320. The maximum atomic E-state index is 12.8. The molecule has 2 aliphatic rings. The van der Waals surface area contributed by atoms with Crippen molar-refractivity contribution in [3.8, 4) is 17.7 Å². The Morgan fingerprint density at radius 1 is 1.19 bits per heavy atom. The summed E-state index contributed by atoms with van der Waals surface area (Å²) < 4.78 is 5.96.